The van der Waals surface area contributed by atoms with Crippen LogP contribution >= 0.6 is 0 Å². The summed E-state index contributed by atoms with van der Waals surface area (Å²) >= 11 is 0. The standard InChI is InChI=1S/C15H21N3O/c1-12-6-5-7-13(10-12)19-9-8-14-17-16-11-18(14)15(2,3)4/h5-7,10-11H,8-9H2,1-4H3. The van der Waals surface area contributed by atoms with Gasteiger partial charge in [0.2, 0.25) is 0 Å². The fourth-order valence-electron chi connectivity index (χ4n) is 1.96. The van der Waals surface area contributed by atoms with E-state index in [1.807, 2.05) is 18.2 Å². The molecule has 0 N–H and O–H groups in total. The highest BCUT2D eigenvalue weighted by Crippen LogP contribution is 2.16. The van der Waals surface area contributed by atoms with Crippen molar-refractivity contribution >= 4 is 0 Å². The molecule has 0 atom stereocenters. The summed E-state index contributed by atoms with van der Waals surface area (Å²) in [6.45, 7) is 9.09. The third-order valence-corrected chi connectivity index (χ3v) is 2.93. The van der Waals surface area contributed by atoms with Crippen LogP contribution in [0.3, 0.4) is 0 Å². The number of rotatable bonds is 4. The van der Waals surface area contributed by atoms with E-state index in [0.717, 1.165) is 18.0 Å². The summed E-state index contributed by atoms with van der Waals surface area (Å²) in [4.78, 5) is 0. The maximum Gasteiger partial charge on any atom is 0.136 e. The second kappa shape index (κ2) is 5.43. The molecule has 0 aliphatic rings. The largest absolute Gasteiger partial charge is 0.493 e. The highest BCUT2D eigenvalue weighted by molar-refractivity contribution is 5.27. The van der Waals surface area contributed by atoms with E-state index in [-0.39, 0.29) is 5.54 Å². The number of hydrogen-bond donors (Lipinski definition) is 0. The van der Waals surface area contributed by atoms with Crippen LogP contribution in [0, 0.1) is 6.92 Å². The highest BCUT2D eigenvalue weighted by atomic mass is 16.5. The van der Waals surface area contributed by atoms with Crippen molar-refractivity contribution in [2.75, 3.05) is 6.61 Å². The molecule has 0 saturated heterocycles. The molecule has 0 saturated carbocycles. The first-order chi connectivity index (χ1) is 8.97. The van der Waals surface area contributed by atoms with Gasteiger partial charge < -0.3 is 9.30 Å². The van der Waals surface area contributed by atoms with Crippen LogP contribution in [0.2, 0.25) is 0 Å². The fourth-order valence-corrected chi connectivity index (χ4v) is 1.96. The minimum absolute atomic E-state index is 0.00215. The van der Waals surface area contributed by atoms with Crippen molar-refractivity contribution in [2.45, 2.75) is 39.7 Å². The molecule has 0 fully saturated rings. The second-order valence-electron chi connectivity index (χ2n) is 5.70. The molecule has 0 amide bonds. The van der Waals surface area contributed by atoms with Crippen molar-refractivity contribution in [3.63, 3.8) is 0 Å². The van der Waals surface area contributed by atoms with Gasteiger partial charge in [0, 0.05) is 12.0 Å². The van der Waals surface area contributed by atoms with Crippen LogP contribution in [0.1, 0.15) is 32.2 Å². The minimum Gasteiger partial charge on any atom is -0.493 e. The first kappa shape index (κ1) is 13.6. The molecule has 0 spiro atoms. The number of hydrogen-bond acceptors (Lipinski definition) is 3. The van der Waals surface area contributed by atoms with Crippen LogP contribution in [0.5, 0.6) is 5.75 Å². The van der Waals surface area contributed by atoms with Crippen LogP contribution < -0.4 is 4.74 Å². The van der Waals surface area contributed by atoms with Crippen molar-refractivity contribution in [3.8, 4) is 5.75 Å². The van der Waals surface area contributed by atoms with E-state index in [2.05, 4.69) is 48.5 Å². The Kier molecular flexibility index (Phi) is 3.88. The third kappa shape index (κ3) is 3.56. The van der Waals surface area contributed by atoms with E-state index in [0.29, 0.717) is 6.61 Å². The predicted octanol–water partition coefficient (Wildman–Crippen LogP) is 2.96. The lowest BCUT2D eigenvalue weighted by atomic mass is 10.1. The fraction of sp³-hybridized carbons (Fsp3) is 0.467. The molecule has 0 radical (unpaired) electrons. The Hall–Kier alpha value is -1.84. The molecule has 1 heterocycles. The lowest BCUT2D eigenvalue weighted by Gasteiger charge is -2.22. The van der Waals surface area contributed by atoms with Crippen LogP contribution in [0.15, 0.2) is 30.6 Å². The van der Waals surface area contributed by atoms with Crippen LogP contribution in [-0.2, 0) is 12.0 Å². The molecule has 1 aromatic carbocycles. The minimum atomic E-state index is 0.00215. The predicted molar refractivity (Wildman–Crippen MR) is 75.4 cm³/mol. The van der Waals surface area contributed by atoms with Gasteiger partial charge in [-0.2, -0.15) is 0 Å². The lowest BCUT2D eigenvalue weighted by molar-refractivity contribution is 0.307. The van der Waals surface area contributed by atoms with E-state index >= 15 is 0 Å². The molecule has 4 nitrogen and oxygen atoms in total. The van der Waals surface area contributed by atoms with Crippen molar-refractivity contribution in [2.24, 2.45) is 0 Å². The number of ether oxygens (including phenoxy) is 1. The smallest absolute Gasteiger partial charge is 0.136 e. The Balaban J connectivity index is 1.95. The van der Waals surface area contributed by atoms with Gasteiger partial charge in [0.1, 0.15) is 17.9 Å². The molecule has 0 bridgehead atoms. The van der Waals surface area contributed by atoms with Crippen LogP contribution in [0.4, 0.5) is 0 Å². The first-order valence-electron chi connectivity index (χ1n) is 6.55. The third-order valence-electron chi connectivity index (χ3n) is 2.93. The van der Waals surface area contributed by atoms with Gasteiger partial charge in [0.05, 0.1) is 6.61 Å². The Morgan fingerprint density at radius 3 is 2.74 bits per heavy atom. The van der Waals surface area contributed by atoms with Gasteiger partial charge >= 0.3 is 0 Å². The van der Waals surface area contributed by atoms with Crippen molar-refractivity contribution in [3.05, 3.63) is 42.0 Å². The van der Waals surface area contributed by atoms with E-state index < -0.39 is 0 Å². The molecular weight excluding hydrogens is 238 g/mol. The van der Waals surface area contributed by atoms with Crippen molar-refractivity contribution in [1.29, 1.82) is 0 Å². The maximum absolute atomic E-state index is 5.75. The molecule has 2 rings (SSSR count). The summed E-state index contributed by atoms with van der Waals surface area (Å²) in [5.74, 6) is 1.86. The zero-order chi connectivity index (χ0) is 13.9. The van der Waals surface area contributed by atoms with E-state index in [9.17, 15) is 0 Å². The van der Waals surface area contributed by atoms with E-state index in [1.165, 1.54) is 5.56 Å². The van der Waals surface area contributed by atoms with E-state index in [1.54, 1.807) is 6.33 Å². The summed E-state index contributed by atoms with van der Waals surface area (Å²) in [5, 5.41) is 8.15. The van der Waals surface area contributed by atoms with Gasteiger partial charge in [-0.1, -0.05) is 12.1 Å². The molecular formula is C15H21N3O. The molecule has 0 aliphatic heterocycles. The van der Waals surface area contributed by atoms with Gasteiger partial charge in [0.15, 0.2) is 0 Å². The Morgan fingerprint density at radius 1 is 1.26 bits per heavy atom. The zero-order valence-corrected chi connectivity index (χ0v) is 12.1. The first-order valence-corrected chi connectivity index (χ1v) is 6.55. The molecule has 19 heavy (non-hydrogen) atoms. The van der Waals surface area contributed by atoms with Crippen molar-refractivity contribution < 1.29 is 4.74 Å². The average Bonchev–Trinajstić information content (AvgIpc) is 2.77. The quantitative estimate of drug-likeness (QED) is 0.847. The molecule has 0 unspecified atom stereocenters. The average molecular weight is 259 g/mol. The topological polar surface area (TPSA) is 39.9 Å². The summed E-state index contributed by atoms with van der Waals surface area (Å²) in [6, 6.07) is 8.07. The molecule has 1 aromatic heterocycles. The normalized spacial score (nSPS) is 11.6. The molecule has 4 heteroatoms. The maximum atomic E-state index is 5.75. The van der Waals surface area contributed by atoms with Crippen LogP contribution in [-0.4, -0.2) is 21.4 Å². The summed E-state index contributed by atoms with van der Waals surface area (Å²) < 4.78 is 7.84. The Morgan fingerprint density at radius 2 is 2.05 bits per heavy atom. The lowest BCUT2D eigenvalue weighted by Crippen LogP contribution is -2.24. The second-order valence-corrected chi connectivity index (χ2v) is 5.70. The van der Waals surface area contributed by atoms with Gasteiger partial charge in [-0.05, 0) is 45.4 Å². The Labute approximate surface area is 114 Å². The van der Waals surface area contributed by atoms with Crippen molar-refractivity contribution in [1.82, 2.24) is 14.8 Å². The Bertz CT molecular complexity index is 540. The van der Waals surface area contributed by atoms with Gasteiger partial charge in [-0.3, -0.25) is 0 Å². The van der Waals surface area contributed by atoms with Gasteiger partial charge in [-0.15, -0.1) is 10.2 Å². The van der Waals surface area contributed by atoms with Gasteiger partial charge in [0.25, 0.3) is 0 Å². The number of aromatic nitrogens is 3. The van der Waals surface area contributed by atoms with E-state index in [4.69, 9.17) is 4.74 Å². The SMILES string of the molecule is Cc1cccc(OCCc2nncn2C(C)(C)C)c1. The number of nitrogens with zero attached hydrogens (tertiary/aromatic N) is 3. The highest BCUT2D eigenvalue weighted by Gasteiger charge is 2.17. The zero-order valence-electron chi connectivity index (χ0n) is 12.1. The molecule has 0 aliphatic carbocycles. The summed E-state index contributed by atoms with van der Waals surface area (Å²) in [7, 11) is 0. The van der Waals surface area contributed by atoms with Gasteiger partial charge in [-0.25, -0.2) is 0 Å². The summed E-state index contributed by atoms with van der Waals surface area (Å²) in [5.41, 5.74) is 1.21. The van der Waals surface area contributed by atoms with Crippen LogP contribution in [0.25, 0.3) is 0 Å². The number of benzene rings is 1. The monoisotopic (exact) mass is 259 g/mol. The summed E-state index contributed by atoms with van der Waals surface area (Å²) in [6.07, 6.45) is 2.53. The number of aryl methyl sites for hydroxylation is 1. The molecule has 102 valence electrons. The molecule has 2 aromatic rings.